The van der Waals surface area contributed by atoms with Crippen LogP contribution in [0.3, 0.4) is 0 Å². The summed E-state index contributed by atoms with van der Waals surface area (Å²) in [7, 11) is 2.38. The fourth-order valence-electron chi connectivity index (χ4n) is 6.73. The van der Waals surface area contributed by atoms with Gasteiger partial charge < -0.3 is 43.7 Å². The Morgan fingerprint density at radius 1 is 0.917 bits per heavy atom. The molecule has 3 aliphatic rings. The Kier molecular flexibility index (Phi) is 6.76. The van der Waals surface area contributed by atoms with Gasteiger partial charge in [0.1, 0.15) is 0 Å². The van der Waals surface area contributed by atoms with Crippen molar-refractivity contribution in [2.75, 3.05) is 33.5 Å². The molecule has 0 aromatic heterocycles. The Labute approximate surface area is 230 Å². The van der Waals surface area contributed by atoms with E-state index in [-0.39, 0.29) is 29.9 Å². The first-order chi connectivity index (χ1) is 17.0. The van der Waals surface area contributed by atoms with Crippen LogP contribution in [0.2, 0.25) is 0 Å². The molecular weight excluding hydrogens is 563 g/mol. The number of fused-ring (bicyclic) bond motifs is 2. The van der Waals surface area contributed by atoms with Crippen LogP contribution in [0.25, 0.3) is 0 Å². The Morgan fingerprint density at radius 2 is 1.50 bits per heavy atom. The molecule has 6 heteroatoms. The minimum absolute atomic E-state index is 0. The molecule has 6 rings (SSSR count). The van der Waals surface area contributed by atoms with Gasteiger partial charge in [-0.3, -0.25) is 4.79 Å². The third-order valence-corrected chi connectivity index (χ3v) is 8.69. The Balaban J connectivity index is 0.00000267. The lowest BCUT2D eigenvalue weighted by molar-refractivity contribution is -0.903. The molecule has 3 aromatic rings. The lowest BCUT2D eigenvalue weighted by Crippen LogP contribution is -3.00. The van der Waals surface area contributed by atoms with E-state index < -0.39 is 5.41 Å². The summed E-state index contributed by atoms with van der Waals surface area (Å²) in [6.07, 6.45) is 1.81. The Morgan fingerprint density at radius 3 is 2.08 bits per heavy atom. The molecule has 1 aliphatic carbocycles. The summed E-state index contributed by atoms with van der Waals surface area (Å²) in [6, 6.07) is 26.5. The number of carbonyl (C=O) groups excluding carboxylic acids is 1. The van der Waals surface area contributed by atoms with Crippen LogP contribution in [0.5, 0.6) is 11.5 Å². The van der Waals surface area contributed by atoms with Crippen LogP contribution >= 0.6 is 0 Å². The third kappa shape index (κ3) is 4.39. The van der Waals surface area contributed by atoms with Crippen molar-refractivity contribution >= 4 is 5.91 Å². The summed E-state index contributed by atoms with van der Waals surface area (Å²) >= 11 is 0. The van der Waals surface area contributed by atoms with Crippen LogP contribution < -0.4 is 39.2 Å². The zero-order chi connectivity index (χ0) is 24.0. The maximum Gasteiger partial charge on any atom is 0.232 e. The molecule has 0 bridgehead atoms. The van der Waals surface area contributed by atoms with Crippen LogP contribution in [-0.4, -0.2) is 43.9 Å². The van der Waals surface area contributed by atoms with Crippen molar-refractivity contribution in [3.63, 3.8) is 0 Å². The minimum atomic E-state index is -0.784. The summed E-state index contributed by atoms with van der Waals surface area (Å²) in [5.41, 5.74) is 8.72. The molecule has 5 nitrogen and oxygen atoms in total. The summed E-state index contributed by atoms with van der Waals surface area (Å²) in [4.78, 5) is 13.2. The standard InChI is InChI=1S/C30H32N2O3.HI/c1-32(15-14-21-12-13-27-28(16-21)35-20-34-27)18-25-24(26(25)19-32)17-30(29(31)33,22-8-4-2-5-9-22)23-10-6-3-7-11-23;/h2-13,16,24-26H,14-15,17-20H2,1H3,(H-,31,33);1H. The van der Waals surface area contributed by atoms with Crippen molar-refractivity contribution in [3.05, 3.63) is 95.6 Å². The zero-order valence-electron chi connectivity index (χ0n) is 20.6. The number of hydrogen-bond acceptors (Lipinski definition) is 3. The van der Waals surface area contributed by atoms with Gasteiger partial charge in [-0.15, -0.1) is 0 Å². The van der Waals surface area contributed by atoms with E-state index in [4.69, 9.17) is 15.2 Å². The number of carbonyl (C=O) groups is 1. The summed E-state index contributed by atoms with van der Waals surface area (Å²) < 4.78 is 12.1. The smallest absolute Gasteiger partial charge is 0.232 e. The van der Waals surface area contributed by atoms with Crippen molar-refractivity contribution in [1.82, 2.24) is 0 Å². The predicted molar refractivity (Wildman–Crippen MR) is 135 cm³/mol. The molecule has 2 unspecified atom stereocenters. The number of nitrogens with zero attached hydrogens (tertiary/aromatic N) is 1. The second-order valence-electron chi connectivity index (χ2n) is 10.8. The van der Waals surface area contributed by atoms with Gasteiger partial charge in [-0.1, -0.05) is 66.7 Å². The molecule has 1 amide bonds. The lowest BCUT2D eigenvalue weighted by Gasteiger charge is -2.35. The van der Waals surface area contributed by atoms with Crippen LogP contribution in [-0.2, 0) is 16.6 Å². The molecule has 36 heavy (non-hydrogen) atoms. The van der Waals surface area contributed by atoms with Crippen LogP contribution in [0.15, 0.2) is 78.9 Å². The lowest BCUT2D eigenvalue weighted by atomic mass is 9.69. The van der Waals surface area contributed by atoms with Crippen molar-refractivity contribution in [2.24, 2.45) is 23.5 Å². The van der Waals surface area contributed by atoms with E-state index in [2.05, 4.69) is 43.4 Å². The van der Waals surface area contributed by atoms with Crippen molar-refractivity contribution < 1.29 is 42.7 Å². The number of nitrogens with two attached hydrogens (primary N) is 1. The summed E-state index contributed by atoms with van der Waals surface area (Å²) in [5.74, 6) is 3.29. The molecule has 2 atom stereocenters. The van der Waals surface area contributed by atoms with Gasteiger partial charge in [-0.05, 0) is 41.2 Å². The average molecular weight is 597 g/mol. The highest BCUT2D eigenvalue weighted by Crippen LogP contribution is 2.59. The fourth-order valence-corrected chi connectivity index (χ4v) is 6.73. The van der Waals surface area contributed by atoms with Crippen LogP contribution in [0, 0.1) is 17.8 Å². The van der Waals surface area contributed by atoms with E-state index in [1.807, 2.05) is 42.5 Å². The number of piperidine rings is 1. The topological polar surface area (TPSA) is 61.6 Å². The molecule has 2 fully saturated rings. The van der Waals surface area contributed by atoms with E-state index in [1.165, 1.54) is 5.56 Å². The van der Waals surface area contributed by atoms with E-state index in [1.54, 1.807) is 0 Å². The summed E-state index contributed by atoms with van der Waals surface area (Å²) in [5, 5.41) is 0. The van der Waals surface area contributed by atoms with E-state index in [9.17, 15) is 4.79 Å². The zero-order valence-corrected chi connectivity index (χ0v) is 22.8. The first-order valence-electron chi connectivity index (χ1n) is 12.6. The van der Waals surface area contributed by atoms with Gasteiger partial charge in [-0.2, -0.15) is 0 Å². The molecule has 2 N–H and O–H groups in total. The van der Waals surface area contributed by atoms with Gasteiger partial charge in [0.25, 0.3) is 0 Å². The van der Waals surface area contributed by atoms with Gasteiger partial charge in [0.15, 0.2) is 11.5 Å². The number of ether oxygens (including phenoxy) is 2. The molecule has 1 saturated carbocycles. The van der Waals surface area contributed by atoms with E-state index in [0.29, 0.717) is 24.5 Å². The van der Waals surface area contributed by atoms with E-state index >= 15 is 0 Å². The number of likely N-dealkylation sites (tertiary alicyclic amines) is 1. The molecule has 3 aromatic carbocycles. The van der Waals surface area contributed by atoms with Gasteiger partial charge >= 0.3 is 0 Å². The maximum absolute atomic E-state index is 13.2. The monoisotopic (exact) mass is 596 g/mol. The largest absolute Gasteiger partial charge is 1.00 e. The van der Waals surface area contributed by atoms with Crippen molar-refractivity contribution in [3.8, 4) is 11.5 Å². The molecule has 2 heterocycles. The van der Waals surface area contributed by atoms with Gasteiger partial charge in [0.2, 0.25) is 12.7 Å². The number of primary amides is 1. The molecular formula is C30H33IN2O3. The molecule has 1 saturated heterocycles. The highest BCUT2D eigenvalue weighted by atomic mass is 127. The highest BCUT2D eigenvalue weighted by Gasteiger charge is 2.64. The SMILES string of the molecule is C[N+]1(CCc2ccc3c(c2)OCO3)CC2C(CC(C(N)=O)(c3ccccc3)c3ccccc3)C2C1.[I-]. The fraction of sp³-hybridized carbons (Fsp3) is 0.367. The molecule has 0 radical (unpaired) electrons. The highest BCUT2D eigenvalue weighted by molar-refractivity contribution is 5.91. The van der Waals surface area contributed by atoms with E-state index in [0.717, 1.165) is 59.6 Å². The maximum atomic E-state index is 13.2. The average Bonchev–Trinajstić information content (AvgIpc) is 3.20. The predicted octanol–water partition coefficient (Wildman–Crippen LogP) is 1.15. The number of rotatable bonds is 8. The van der Waals surface area contributed by atoms with Crippen LogP contribution in [0.1, 0.15) is 23.1 Å². The number of benzene rings is 3. The molecule has 0 spiro atoms. The first kappa shape index (κ1) is 25.1. The van der Waals surface area contributed by atoms with Crippen molar-refractivity contribution in [1.29, 1.82) is 0 Å². The number of likely N-dealkylation sites (N-methyl/N-ethyl adjacent to an activating group) is 1. The van der Waals surface area contributed by atoms with Crippen molar-refractivity contribution in [2.45, 2.75) is 18.3 Å². The number of amides is 1. The van der Waals surface area contributed by atoms with Gasteiger partial charge in [0.05, 0.1) is 32.1 Å². The Hall–Kier alpha value is -2.58. The minimum Gasteiger partial charge on any atom is -1.00 e. The number of halogens is 1. The second-order valence-corrected chi connectivity index (χ2v) is 10.8. The molecule has 188 valence electrons. The number of quaternary nitrogens is 1. The normalized spacial score (nSPS) is 25.6. The number of hydrogen-bond donors (Lipinski definition) is 1. The third-order valence-electron chi connectivity index (χ3n) is 8.69. The van der Waals surface area contributed by atoms with Gasteiger partial charge in [-0.25, -0.2) is 0 Å². The second kappa shape index (κ2) is 9.71. The quantitative estimate of drug-likeness (QED) is 0.314. The Bertz CT molecular complexity index is 1180. The molecule has 2 aliphatic heterocycles. The summed E-state index contributed by atoms with van der Waals surface area (Å²) in [6.45, 7) is 3.75. The van der Waals surface area contributed by atoms with Crippen LogP contribution in [0.4, 0.5) is 0 Å². The van der Waals surface area contributed by atoms with Gasteiger partial charge in [0, 0.05) is 18.3 Å². The first-order valence-corrected chi connectivity index (χ1v) is 12.6.